The molecule has 0 bridgehead atoms. The maximum atomic E-state index is 13.4. The molecular weight excluding hydrogens is 746 g/mol. The summed E-state index contributed by atoms with van der Waals surface area (Å²) in [4.78, 5) is 106. The van der Waals surface area contributed by atoms with Crippen molar-refractivity contribution in [1.82, 2.24) is 41.7 Å². The van der Waals surface area contributed by atoms with Crippen LogP contribution in [0.15, 0.2) is 0 Å². The average Bonchev–Trinajstić information content (AvgIpc) is 3.85. The van der Waals surface area contributed by atoms with E-state index < -0.39 is 96.9 Å². The van der Waals surface area contributed by atoms with Crippen molar-refractivity contribution in [3.05, 3.63) is 0 Å². The van der Waals surface area contributed by atoms with E-state index >= 15 is 0 Å². The number of hydrogen-bond acceptors (Lipinski definition) is 11. The number of nitrogens with zero attached hydrogens (tertiary/aromatic N) is 2. The third-order valence-electron chi connectivity index (χ3n) is 10.1. The molecule has 13 N–H and O–H groups in total. The highest BCUT2D eigenvalue weighted by atomic mass is 16.4. The zero-order valence-corrected chi connectivity index (χ0v) is 33.6. The van der Waals surface area contributed by atoms with Crippen LogP contribution in [-0.2, 0) is 38.4 Å². The number of aliphatic carboxylic acids is 1. The van der Waals surface area contributed by atoms with Crippen LogP contribution in [0.4, 0.5) is 0 Å². The number of nitrogens with two attached hydrogens (primary N) is 2. The van der Waals surface area contributed by atoms with Gasteiger partial charge >= 0.3 is 5.97 Å². The highest BCUT2D eigenvalue weighted by molar-refractivity contribution is 5.96. The molecule has 57 heavy (non-hydrogen) atoms. The van der Waals surface area contributed by atoms with Crippen LogP contribution in [0.3, 0.4) is 0 Å². The fourth-order valence-electron chi connectivity index (χ4n) is 6.65. The van der Waals surface area contributed by atoms with E-state index in [1.807, 2.05) is 27.7 Å². The van der Waals surface area contributed by atoms with Gasteiger partial charge in [-0.05, 0) is 63.7 Å². The molecule has 0 unspecified atom stereocenters. The fraction of sp³-hybridized carbons (Fsp3) is 0.750. The zero-order chi connectivity index (χ0) is 43.0. The molecule has 8 atom stereocenters. The molecule has 2 rings (SSSR count). The Kier molecular flexibility index (Phi) is 19.6. The van der Waals surface area contributed by atoms with E-state index in [2.05, 4.69) is 31.9 Å². The Hall–Kier alpha value is -5.05. The van der Waals surface area contributed by atoms with Crippen molar-refractivity contribution in [2.24, 2.45) is 23.3 Å². The standard InChI is InChI=1S/C36H63N11O10/c1-6-20(4)28(37)34(55)47-15-9-11-24(47)31(52)41-17-26(49)45-29(21(5)48)33(54)43-22(10-7-13-40-36(38)39)30(51)42-18-27(50)46-14-8-12-25(46)32(53)44-23(35(56)57)16-19(2)3/h19-25,28-29,48H,6-18,37H2,1-5H3,(H,41,52)(H,42,51)(H,43,54)(H,44,53)(H,45,49)(H,56,57)(H4,38,39,40)/t20-,21+,22-,23-,24-,25-,28-,29-/m0/s1. The van der Waals surface area contributed by atoms with Gasteiger partial charge < -0.3 is 63.4 Å². The Morgan fingerprint density at radius 3 is 1.98 bits per heavy atom. The van der Waals surface area contributed by atoms with E-state index in [1.165, 1.54) is 16.7 Å². The summed E-state index contributed by atoms with van der Waals surface area (Å²) < 4.78 is 0. The first-order valence-electron chi connectivity index (χ1n) is 19.6. The van der Waals surface area contributed by atoms with Gasteiger partial charge in [0.1, 0.15) is 30.2 Å². The van der Waals surface area contributed by atoms with Gasteiger partial charge in [0.25, 0.3) is 0 Å². The van der Waals surface area contributed by atoms with Gasteiger partial charge in [0, 0.05) is 19.6 Å². The summed E-state index contributed by atoms with van der Waals surface area (Å²) in [6.07, 6.45) is 1.32. The van der Waals surface area contributed by atoms with Gasteiger partial charge in [-0.2, -0.15) is 0 Å². The minimum Gasteiger partial charge on any atom is -0.480 e. The van der Waals surface area contributed by atoms with Crippen LogP contribution in [-0.4, -0.2) is 148 Å². The Labute approximate surface area is 333 Å². The molecule has 2 saturated heterocycles. The van der Waals surface area contributed by atoms with Crippen LogP contribution in [0.5, 0.6) is 0 Å². The van der Waals surface area contributed by atoms with Crippen molar-refractivity contribution < 1.29 is 48.6 Å². The second-order valence-electron chi connectivity index (χ2n) is 15.1. The van der Waals surface area contributed by atoms with Gasteiger partial charge in [-0.15, -0.1) is 0 Å². The number of likely N-dealkylation sites (tertiary alicyclic amines) is 2. The summed E-state index contributed by atoms with van der Waals surface area (Å²) in [5, 5.41) is 42.2. The number of rotatable bonds is 22. The Balaban J connectivity index is 2.06. The SMILES string of the molecule is CC[C@H](C)[C@H](N)C(=O)N1CCC[C@H]1C(=O)NCC(=O)N[C@H](C(=O)N[C@@H](CCCNC(=N)N)C(=O)NCC(=O)N1CCC[C@H]1C(=O)N[C@@H](CC(C)C)C(=O)O)[C@@H](C)O. The highest BCUT2D eigenvalue weighted by Gasteiger charge is 2.39. The lowest BCUT2D eigenvalue weighted by Crippen LogP contribution is -2.59. The second kappa shape index (κ2) is 23.2. The third kappa shape index (κ3) is 15.1. The van der Waals surface area contributed by atoms with E-state index in [-0.39, 0.29) is 56.1 Å². The number of carbonyl (C=O) groups excluding carboxylic acids is 7. The monoisotopic (exact) mass is 809 g/mol. The maximum Gasteiger partial charge on any atom is 0.326 e. The number of carbonyl (C=O) groups is 8. The second-order valence-corrected chi connectivity index (χ2v) is 15.1. The molecule has 2 heterocycles. The fourth-order valence-corrected chi connectivity index (χ4v) is 6.65. The number of hydrogen-bond donors (Lipinski definition) is 11. The first-order valence-corrected chi connectivity index (χ1v) is 19.6. The molecule has 322 valence electrons. The number of amides is 7. The average molecular weight is 810 g/mol. The van der Waals surface area contributed by atoms with Crippen molar-refractivity contribution in [2.45, 2.75) is 128 Å². The predicted molar refractivity (Wildman–Crippen MR) is 207 cm³/mol. The van der Waals surface area contributed by atoms with Gasteiger partial charge in [-0.3, -0.25) is 39.0 Å². The van der Waals surface area contributed by atoms with E-state index in [0.717, 1.165) is 0 Å². The van der Waals surface area contributed by atoms with E-state index in [1.54, 1.807) is 0 Å². The molecule has 2 aliphatic rings. The first-order chi connectivity index (χ1) is 26.8. The summed E-state index contributed by atoms with van der Waals surface area (Å²) in [6.45, 7) is 8.17. The molecule has 0 radical (unpaired) electrons. The smallest absolute Gasteiger partial charge is 0.326 e. The zero-order valence-electron chi connectivity index (χ0n) is 33.6. The van der Waals surface area contributed by atoms with Gasteiger partial charge in [0.15, 0.2) is 5.96 Å². The van der Waals surface area contributed by atoms with Crippen LogP contribution in [0.1, 0.15) is 86.0 Å². The minimum atomic E-state index is -1.58. The first kappa shape index (κ1) is 48.1. The molecule has 0 spiro atoms. The number of carboxylic acids is 1. The molecule has 2 fully saturated rings. The normalized spacial score (nSPS) is 19.6. The summed E-state index contributed by atoms with van der Waals surface area (Å²) in [7, 11) is 0. The third-order valence-corrected chi connectivity index (χ3v) is 10.1. The summed E-state index contributed by atoms with van der Waals surface area (Å²) in [5.41, 5.74) is 11.5. The lowest BCUT2D eigenvalue weighted by Gasteiger charge is -2.29. The molecular formula is C36H63N11O10. The van der Waals surface area contributed by atoms with Crippen molar-refractivity contribution >= 4 is 53.3 Å². The molecule has 0 aromatic heterocycles. The predicted octanol–water partition coefficient (Wildman–Crippen LogP) is -3.20. The van der Waals surface area contributed by atoms with Crippen LogP contribution in [0.25, 0.3) is 0 Å². The number of nitrogens with one attached hydrogen (secondary N) is 7. The lowest BCUT2D eigenvalue weighted by molar-refractivity contribution is -0.144. The lowest BCUT2D eigenvalue weighted by atomic mass is 9.98. The van der Waals surface area contributed by atoms with Gasteiger partial charge in [-0.1, -0.05) is 34.1 Å². The Morgan fingerprint density at radius 1 is 0.807 bits per heavy atom. The van der Waals surface area contributed by atoms with Crippen molar-refractivity contribution in [1.29, 1.82) is 5.41 Å². The van der Waals surface area contributed by atoms with E-state index in [4.69, 9.17) is 16.9 Å². The molecule has 21 nitrogen and oxygen atoms in total. The molecule has 2 aliphatic heterocycles. The Morgan fingerprint density at radius 2 is 1.42 bits per heavy atom. The van der Waals surface area contributed by atoms with Gasteiger partial charge in [0.2, 0.25) is 41.4 Å². The van der Waals surface area contributed by atoms with Crippen LogP contribution in [0, 0.1) is 17.2 Å². The van der Waals surface area contributed by atoms with Crippen LogP contribution >= 0.6 is 0 Å². The molecule has 0 aromatic rings. The van der Waals surface area contributed by atoms with E-state index in [0.29, 0.717) is 38.6 Å². The summed E-state index contributed by atoms with van der Waals surface area (Å²) in [5.74, 6) is -6.37. The summed E-state index contributed by atoms with van der Waals surface area (Å²) >= 11 is 0. The molecule has 0 aromatic carbocycles. The molecule has 0 saturated carbocycles. The topological polar surface area (TPSA) is 332 Å². The van der Waals surface area contributed by atoms with Gasteiger partial charge in [-0.25, -0.2) is 4.79 Å². The molecule has 7 amide bonds. The molecule has 0 aliphatic carbocycles. The van der Waals surface area contributed by atoms with Crippen molar-refractivity contribution in [3.63, 3.8) is 0 Å². The highest BCUT2D eigenvalue weighted by Crippen LogP contribution is 2.21. The van der Waals surface area contributed by atoms with Gasteiger partial charge in [0.05, 0.1) is 25.2 Å². The van der Waals surface area contributed by atoms with E-state index in [9.17, 15) is 48.6 Å². The number of carboxylic acid groups (broad SMARTS) is 1. The number of guanidine groups is 1. The van der Waals surface area contributed by atoms with Crippen molar-refractivity contribution in [3.8, 4) is 0 Å². The summed E-state index contributed by atoms with van der Waals surface area (Å²) in [6, 6.07) is -6.55. The minimum absolute atomic E-state index is 0.0126. The maximum absolute atomic E-state index is 13.4. The quantitative estimate of drug-likeness (QED) is 0.0292. The molecule has 21 heteroatoms. The Bertz CT molecular complexity index is 1460. The van der Waals surface area contributed by atoms with Crippen molar-refractivity contribution in [2.75, 3.05) is 32.7 Å². The van der Waals surface area contributed by atoms with Crippen LogP contribution < -0.4 is 43.4 Å². The number of aliphatic hydroxyl groups is 1. The largest absolute Gasteiger partial charge is 0.480 e. The number of aliphatic hydroxyl groups excluding tert-OH is 1. The van der Waals surface area contributed by atoms with Crippen LogP contribution in [0.2, 0.25) is 0 Å².